The van der Waals surface area contributed by atoms with Gasteiger partial charge in [-0.15, -0.1) is 0 Å². The molecule has 2 rings (SSSR count). The summed E-state index contributed by atoms with van der Waals surface area (Å²) in [6.07, 6.45) is 0. The van der Waals surface area contributed by atoms with Gasteiger partial charge in [0.2, 0.25) is 0 Å². The second-order valence-electron chi connectivity index (χ2n) is 6.41. The highest BCUT2D eigenvalue weighted by molar-refractivity contribution is 5.95. The van der Waals surface area contributed by atoms with Crippen molar-refractivity contribution in [2.75, 3.05) is 13.1 Å². The van der Waals surface area contributed by atoms with E-state index in [0.717, 1.165) is 5.56 Å². The first kappa shape index (κ1) is 13.1. The van der Waals surface area contributed by atoms with E-state index in [-0.39, 0.29) is 24.4 Å². The summed E-state index contributed by atoms with van der Waals surface area (Å²) in [7, 11) is 0. The number of carbonyl (C=O) groups excluding carboxylic acids is 1. The Kier molecular flexibility index (Phi) is 2.96. The number of alkyl halides is 1. The number of nitrogens with zero attached hydrogens (tertiary/aromatic N) is 1. The van der Waals surface area contributed by atoms with Crippen LogP contribution >= 0.6 is 0 Å². The fourth-order valence-corrected chi connectivity index (χ4v) is 2.19. The van der Waals surface area contributed by atoms with Crippen LogP contribution in [0.3, 0.4) is 0 Å². The second kappa shape index (κ2) is 4.08. The molecule has 1 saturated heterocycles. The van der Waals surface area contributed by atoms with Gasteiger partial charge in [0.25, 0.3) is 5.91 Å². The Labute approximate surface area is 108 Å². The smallest absolute Gasteiger partial charge is 0.254 e. The van der Waals surface area contributed by atoms with Gasteiger partial charge in [-0.3, -0.25) is 4.79 Å². The van der Waals surface area contributed by atoms with Crippen molar-refractivity contribution in [2.45, 2.75) is 38.8 Å². The minimum Gasteiger partial charge on any atom is -0.332 e. The monoisotopic (exact) mass is 249 g/mol. The van der Waals surface area contributed by atoms with E-state index in [9.17, 15) is 9.18 Å². The van der Waals surface area contributed by atoms with E-state index in [2.05, 4.69) is 20.8 Å². The molecule has 98 valence electrons. The van der Waals surface area contributed by atoms with Crippen LogP contribution in [-0.2, 0) is 5.41 Å². The maximum absolute atomic E-state index is 13.4. The SMILES string of the molecule is CC1(F)CN(C(=O)c2cccc(C(C)(C)C)c2)C1. The summed E-state index contributed by atoms with van der Waals surface area (Å²) in [6.45, 7) is 8.26. The Bertz CT molecular complexity index is 466. The second-order valence-corrected chi connectivity index (χ2v) is 6.41. The Morgan fingerprint density at radius 2 is 1.94 bits per heavy atom. The summed E-state index contributed by atoms with van der Waals surface area (Å²) in [4.78, 5) is 13.7. The summed E-state index contributed by atoms with van der Waals surface area (Å²) in [5.41, 5.74) is 0.576. The largest absolute Gasteiger partial charge is 0.332 e. The molecule has 0 bridgehead atoms. The number of carbonyl (C=O) groups is 1. The molecule has 0 atom stereocenters. The first-order valence-corrected chi connectivity index (χ1v) is 6.28. The van der Waals surface area contributed by atoms with Crippen LogP contribution in [0.1, 0.15) is 43.6 Å². The zero-order chi connectivity index (χ0) is 13.6. The van der Waals surface area contributed by atoms with Crippen LogP contribution in [0.2, 0.25) is 0 Å². The van der Waals surface area contributed by atoms with E-state index >= 15 is 0 Å². The first-order valence-electron chi connectivity index (χ1n) is 6.28. The van der Waals surface area contributed by atoms with E-state index in [1.807, 2.05) is 18.2 Å². The number of hydrogen-bond donors (Lipinski definition) is 0. The zero-order valence-corrected chi connectivity index (χ0v) is 11.5. The number of likely N-dealkylation sites (tertiary alicyclic amines) is 1. The van der Waals surface area contributed by atoms with Crippen LogP contribution in [0.4, 0.5) is 4.39 Å². The summed E-state index contributed by atoms with van der Waals surface area (Å²) >= 11 is 0. The average molecular weight is 249 g/mol. The molecule has 2 nitrogen and oxygen atoms in total. The maximum Gasteiger partial charge on any atom is 0.254 e. The number of hydrogen-bond acceptors (Lipinski definition) is 1. The highest BCUT2D eigenvalue weighted by Gasteiger charge is 2.41. The standard InChI is InChI=1S/C15H20FNO/c1-14(2,3)12-7-5-6-11(8-12)13(18)17-9-15(4,16)10-17/h5-8H,9-10H2,1-4H3. The van der Waals surface area contributed by atoms with Crippen molar-refractivity contribution in [3.63, 3.8) is 0 Å². The topological polar surface area (TPSA) is 20.3 Å². The van der Waals surface area contributed by atoms with E-state index in [1.54, 1.807) is 11.0 Å². The molecule has 18 heavy (non-hydrogen) atoms. The van der Waals surface area contributed by atoms with Gasteiger partial charge in [-0.25, -0.2) is 4.39 Å². The van der Waals surface area contributed by atoms with Crippen molar-refractivity contribution >= 4 is 5.91 Å². The quantitative estimate of drug-likeness (QED) is 0.748. The van der Waals surface area contributed by atoms with Crippen LogP contribution < -0.4 is 0 Å². The molecular weight excluding hydrogens is 229 g/mol. The number of halogens is 1. The lowest BCUT2D eigenvalue weighted by Crippen LogP contribution is -2.59. The number of rotatable bonds is 1. The molecular formula is C15H20FNO. The Balaban J connectivity index is 2.17. The van der Waals surface area contributed by atoms with E-state index in [4.69, 9.17) is 0 Å². The summed E-state index contributed by atoms with van der Waals surface area (Å²) < 4.78 is 13.4. The predicted molar refractivity (Wildman–Crippen MR) is 70.6 cm³/mol. The van der Waals surface area contributed by atoms with E-state index in [0.29, 0.717) is 5.56 Å². The first-order chi connectivity index (χ1) is 8.19. The summed E-state index contributed by atoms with van der Waals surface area (Å²) in [6, 6.07) is 7.62. The third kappa shape index (κ3) is 2.55. The lowest BCUT2D eigenvalue weighted by Gasteiger charge is -2.42. The van der Waals surface area contributed by atoms with Gasteiger partial charge in [-0.05, 0) is 30.0 Å². The molecule has 1 aliphatic rings. The molecule has 0 saturated carbocycles. The lowest BCUT2D eigenvalue weighted by atomic mass is 9.86. The minimum atomic E-state index is -1.21. The zero-order valence-electron chi connectivity index (χ0n) is 11.5. The molecule has 0 aliphatic carbocycles. The van der Waals surface area contributed by atoms with Gasteiger partial charge >= 0.3 is 0 Å². The van der Waals surface area contributed by atoms with Gasteiger partial charge in [0.1, 0.15) is 5.67 Å². The van der Waals surface area contributed by atoms with Crippen molar-refractivity contribution in [1.82, 2.24) is 4.90 Å². The Morgan fingerprint density at radius 1 is 1.33 bits per heavy atom. The van der Waals surface area contributed by atoms with Gasteiger partial charge in [0.05, 0.1) is 13.1 Å². The van der Waals surface area contributed by atoms with Gasteiger partial charge in [0, 0.05) is 5.56 Å². The molecule has 1 aromatic carbocycles. The molecule has 0 aromatic heterocycles. The molecule has 1 aromatic rings. The number of benzene rings is 1. The average Bonchev–Trinajstić information content (AvgIpc) is 2.24. The van der Waals surface area contributed by atoms with Gasteiger partial charge in [-0.1, -0.05) is 32.9 Å². The molecule has 0 N–H and O–H groups in total. The van der Waals surface area contributed by atoms with Crippen molar-refractivity contribution < 1.29 is 9.18 Å². The number of amides is 1. The van der Waals surface area contributed by atoms with Crippen molar-refractivity contribution in [3.05, 3.63) is 35.4 Å². The fourth-order valence-electron chi connectivity index (χ4n) is 2.19. The molecule has 1 heterocycles. The maximum atomic E-state index is 13.4. The lowest BCUT2D eigenvalue weighted by molar-refractivity contribution is -0.00786. The fraction of sp³-hybridized carbons (Fsp3) is 0.533. The highest BCUT2D eigenvalue weighted by atomic mass is 19.1. The normalized spacial score (nSPS) is 18.4. The third-order valence-electron chi connectivity index (χ3n) is 3.30. The van der Waals surface area contributed by atoms with Crippen LogP contribution in [0.25, 0.3) is 0 Å². The van der Waals surface area contributed by atoms with Crippen molar-refractivity contribution in [3.8, 4) is 0 Å². The van der Waals surface area contributed by atoms with Gasteiger partial charge < -0.3 is 4.90 Å². The van der Waals surface area contributed by atoms with Crippen LogP contribution in [0, 0.1) is 0 Å². The van der Waals surface area contributed by atoms with E-state index < -0.39 is 5.67 Å². The Hall–Kier alpha value is -1.38. The third-order valence-corrected chi connectivity index (χ3v) is 3.30. The predicted octanol–water partition coefficient (Wildman–Crippen LogP) is 3.17. The highest BCUT2D eigenvalue weighted by Crippen LogP contribution is 2.28. The molecule has 0 radical (unpaired) electrons. The van der Waals surface area contributed by atoms with Crippen LogP contribution in [0.5, 0.6) is 0 Å². The van der Waals surface area contributed by atoms with Crippen molar-refractivity contribution in [2.24, 2.45) is 0 Å². The molecule has 1 amide bonds. The van der Waals surface area contributed by atoms with Crippen LogP contribution in [-0.4, -0.2) is 29.6 Å². The summed E-state index contributed by atoms with van der Waals surface area (Å²) in [5, 5.41) is 0. The molecule has 3 heteroatoms. The molecule has 0 unspecified atom stereocenters. The summed E-state index contributed by atoms with van der Waals surface area (Å²) in [5.74, 6) is -0.0729. The van der Waals surface area contributed by atoms with Crippen molar-refractivity contribution in [1.29, 1.82) is 0 Å². The van der Waals surface area contributed by atoms with Crippen LogP contribution in [0.15, 0.2) is 24.3 Å². The van der Waals surface area contributed by atoms with E-state index in [1.165, 1.54) is 6.92 Å². The molecule has 1 aliphatic heterocycles. The molecule has 0 spiro atoms. The van der Waals surface area contributed by atoms with Gasteiger partial charge in [0.15, 0.2) is 0 Å². The Morgan fingerprint density at radius 3 is 2.44 bits per heavy atom. The minimum absolute atomic E-state index is 0.0137. The van der Waals surface area contributed by atoms with Gasteiger partial charge in [-0.2, -0.15) is 0 Å². The molecule has 1 fully saturated rings.